The van der Waals surface area contributed by atoms with Gasteiger partial charge in [0.15, 0.2) is 0 Å². The van der Waals surface area contributed by atoms with Crippen molar-refractivity contribution >= 4 is 11.9 Å². The Kier molecular flexibility index (Phi) is 3.38. The molecule has 3 N–H and O–H groups in total. The first-order valence-electron chi connectivity index (χ1n) is 6.89. The van der Waals surface area contributed by atoms with Crippen molar-refractivity contribution in [1.29, 1.82) is 0 Å². The van der Waals surface area contributed by atoms with Gasteiger partial charge in [-0.15, -0.1) is 0 Å². The number of carbonyl (C=O) groups excluding carboxylic acids is 2. The van der Waals surface area contributed by atoms with Crippen LogP contribution in [0, 0.1) is 17.3 Å². The van der Waals surface area contributed by atoms with Crippen LogP contribution in [0.15, 0.2) is 0 Å². The predicted molar refractivity (Wildman–Crippen MR) is 72.6 cm³/mol. The molecule has 0 aromatic rings. The van der Waals surface area contributed by atoms with Crippen LogP contribution in [0.4, 0.5) is 0 Å². The molecule has 1 aliphatic heterocycles. The van der Waals surface area contributed by atoms with Crippen LogP contribution < -0.4 is 5.73 Å². The highest BCUT2D eigenvalue weighted by atomic mass is 16.5. The van der Waals surface area contributed by atoms with Crippen molar-refractivity contribution in [2.24, 2.45) is 23.0 Å². The number of hydrogen-bond donors (Lipinski definition) is 2. The monoisotopic (exact) mass is 284 g/mol. The van der Waals surface area contributed by atoms with E-state index in [4.69, 9.17) is 10.5 Å². The molecule has 1 heterocycles. The second-order valence-corrected chi connectivity index (χ2v) is 7.04. The van der Waals surface area contributed by atoms with E-state index in [2.05, 4.69) is 13.8 Å². The maximum Gasteiger partial charge on any atom is 0.328 e. The highest BCUT2D eigenvalue weighted by Crippen LogP contribution is 2.65. The van der Waals surface area contributed by atoms with Crippen molar-refractivity contribution in [3.8, 4) is 0 Å². The average molecular weight is 284 g/mol. The molecule has 2 fully saturated rings. The van der Waals surface area contributed by atoms with Gasteiger partial charge in [0, 0.05) is 12.5 Å². The number of fused-ring (bicyclic) bond motifs is 1. The second kappa shape index (κ2) is 4.43. The molecule has 1 aliphatic carbocycles. The topological polar surface area (TPSA) is 92.9 Å². The molecular formula is C14H24N2O4. The number of methoxy groups -OCH3 is 1. The van der Waals surface area contributed by atoms with Gasteiger partial charge < -0.3 is 20.5 Å². The van der Waals surface area contributed by atoms with Crippen LogP contribution in [-0.4, -0.2) is 53.2 Å². The first-order valence-corrected chi connectivity index (χ1v) is 6.89. The van der Waals surface area contributed by atoms with Crippen LogP contribution in [0.2, 0.25) is 0 Å². The molecule has 0 aromatic carbocycles. The van der Waals surface area contributed by atoms with Gasteiger partial charge in [-0.05, 0) is 25.2 Å². The summed E-state index contributed by atoms with van der Waals surface area (Å²) in [7, 11) is 1.32. The molecule has 0 aromatic heterocycles. The van der Waals surface area contributed by atoms with E-state index in [0.717, 1.165) is 0 Å². The van der Waals surface area contributed by atoms with Gasteiger partial charge in [0.05, 0.1) is 12.7 Å². The van der Waals surface area contributed by atoms with E-state index in [1.807, 2.05) is 0 Å². The maximum absolute atomic E-state index is 12.4. The number of nitrogens with two attached hydrogens (primary N) is 1. The molecule has 114 valence electrons. The first-order chi connectivity index (χ1) is 9.03. The van der Waals surface area contributed by atoms with Crippen molar-refractivity contribution in [1.82, 2.24) is 4.90 Å². The average Bonchev–Trinajstić information content (AvgIpc) is 2.75. The van der Waals surface area contributed by atoms with E-state index in [1.54, 1.807) is 0 Å². The molecule has 0 bridgehead atoms. The summed E-state index contributed by atoms with van der Waals surface area (Å²) in [5, 5.41) is 9.89. The van der Waals surface area contributed by atoms with Crippen molar-refractivity contribution in [2.45, 2.75) is 45.4 Å². The summed E-state index contributed by atoms with van der Waals surface area (Å²) in [5.41, 5.74) is 4.54. The fourth-order valence-electron chi connectivity index (χ4n) is 3.38. The Bertz CT molecular complexity index is 441. The molecule has 4 atom stereocenters. The zero-order chi connectivity index (χ0) is 15.5. The van der Waals surface area contributed by atoms with Gasteiger partial charge in [-0.2, -0.15) is 0 Å². The largest absolute Gasteiger partial charge is 0.467 e. The number of likely N-dealkylation sites (tertiary alicyclic amines) is 1. The summed E-state index contributed by atoms with van der Waals surface area (Å²) in [6.45, 7) is 7.67. The molecule has 0 radical (unpaired) electrons. The van der Waals surface area contributed by atoms with Gasteiger partial charge in [0.2, 0.25) is 5.91 Å². The third-order valence-corrected chi connectivity index (χ3v) is 4.96. The summed E-state index contributed by atoms with van der Waals surface area (Å²) in [4.78, 5) is 25.9. The number of amides is 1. The fourth-order valence-corrected chi connectivity index (χ4v) is 3.38. The van der Waals surface area contributed by atoms with Crippen LogP contribution in [-0.2, 0) is 14.3 Å². The SMILES string of the molecule is COC(=O)[C@@H]1[C@@H]2[C@H](CN1C(=O)[C@@H](N)C(C)(C)O)C2(C)C. The number of esters is 1. The van der Waals surface area contributed by atoms with Crippen LogP contribution in [0.25, 0.3) is 0 Å². The lowest BCUT2D eigenvalue weighted by Gasteiger charge is -2.34. The smallest absolute Gasteiger partial charge is 0.328 e. The third kappa shape index (κ3) is 2.11. The lowest BCUT2D eigenvalue weighted by Crippen LogP contribution is -2.58. The minimum atomic E-state index is -1.32. The Morgan fingerprint density at radius 2 is 2.00 bits per heavy atom. The molecule has 1 saturated heterocycles. The Morgan fingerprint density at radius 1 is 1.45 bits per heavy atom. The van der Waals surface area contributed by atoms with Crippen LogP contribution in [0.3, 0.4) is 0 Å². The van der Waals surface area contributed by atoms with E-state index < -0.39 is 29.6 Å². The number of ether oxygens (including phenoxy) is 1. The van der Waals surface area contributed by atoms with Gasteiger partial charge >= 0.3 is 5.97 Å². The number of piperidine rings is 1. The Morgan fingerprint density at radius 3 is 2.45 bits per heavy atom. The summed E-state index contributed by atoms with van der Waals surface area (Å²) in [5.74, 6) is -0.382. The minimum Gasteiger partial charge on any atom is -0.467 e. The fraction of sp³-hybridized carbons (Fsp3) is 0.857. The van der Waals surface area contributed by atoms with Gasteiger partial charge in [-0.1, -0.05) is 13.8 Å². The number of hydrogen-bond acceptors (Lipinski definition) is 5. The zero-order valence-corrected chi connectivity index (χ0v) is 12.7. The van der Waals surface area contributed by atoms with Crippen molar-refractivity contribution < 1.29 is 19.4 Å². The van der Waals surface area contributed by atoms with E-state index in [-0.39, 0.29) is 11.3 Å². The molecule has 2 rings (SSSR count). The van der Waals surface area contributed by atoms with E-state index >= 15 is 0 Å². The highest BCUT2D eigenvalue weighted by Gasteiger charge is 2.70. The zero-order valence-electron chi connectivity index (χ0n) is 12.7. The standard InChI is InChI=1S/C14H24N2O4/c1-13(2)7-6-16(9(8(7)13)12(18)20-5)11(17)10(15)14(3,4)19/h7-10,19H,6,15H2,1-5H3/t7-,8-,9-,10+/m0/s1. The lowest BCUT2D eigenvalue weighted by atomic mass is 9.96. The van der Waals surface area contributed by atoms with Crippen molar-refractivity contribution in [3.63, 3.8) is 0 Å². The van der Waals surface area contributed by atoms with E-state index in [1.165, 1.54) is 25.9 Å². The second-order valence-electron chi connectivity index (χ2n) is 7.04. The molecular weight excluding hydrogens is 260 g/mol. The molecule has 0 spiro atoms. The van der Waals surface area contributed by atoms with Crippen molar-refractivity contribution in [2.75, 3.05) is 13.7 Å². The number of aliphatic hydroxyl groups is 1. The molecule has 6 heteroatoms. The number of carbonyl (C=O) groups is 2. The van der Waals surface area contributed by atoms with Gasteiger partial charge in [0.25, 0.3) is 0 Å². The lowest BCUT2D eigenvalue weighted by molar-refractivity contribution is -0.155. The summed E-state index contributed by atoms with van der Waals surface area (Å²) in [6.07, 6.45) is 0. The molecule has 0 unspecified atom stereocenters. The Balaban J connectivity index is 2.21. The summed E-state index contributed by atoms with van der Waals surface area (Å²) in [6, 6.07) is -1.63. The van der Waals surface area contributed by atoms with Crippen LogP contribution >= 0.6 is 0 Å². The normalized spacial score (nSPS) is 32.5. The van der Waals surface area contributed by atoms with E-state index in [0.29, 0.717) is 12.5 Å². The summed E-state index contributed by atoms with van der Waals surface area (Å²) < 4.78 is 4.83. The third-order valence-electron chi connectivity index (χ3n) is 4.96. The Hall–Kier alpha value is -1.14. The maximum atomic E-state index is 12.4. The molecule has 6 nitrogen and oxygen atoms in total. The highest BCUT2D eigenvalue weighted by molar-refractivity contribution is 5.89. The molecule has 1 amide bonds. The summed E-state index contributed by atoms with van der Waals surface area (Å²) >= 11 is 0. The quantitative estimate of drug-likeness (QED) is 0.697. The molecule has 2 aliphatic rings. The van der Waals surface area contributed by atoms with Crippen LogP contribution in [0.5, 0.6) is 0 Å². The first kappa shape index (κ1) is 15.3. The van der Waals surface area contributed by atoms with Gasteiger partial charge in [0.1, 0.15) is 12.1 Å². The van der Waals surface area contributed by atoms with Crippen molar-refractivity contribution in [3.05, 3.63) is 0 Å². The molecule has 20 heavy (non-hydrogen) atoms. The van der Waals surface area contributed by atoms with Gasteiger partial charge in [-0.25, -0.2) is 4.79 Å². The van der Waals surface area contributed by atoms with Crippen LogP contribution in [0.1, 0.15) is 27.7 Å². The Labute approximate surface area is 119 Å². The van der Waals surface area contributed by atoms with E-state index in [9.17, 15) is 14.7 Å². The molecule has 1 saturated carbocycles. The minimum absolute atomic E-state index is 0.0501. The predicted octanol–water partition coefficient (Wildman–Crippen LogP) is -0.259. The number of rotatable bonds is 3. The number of nitrogens with zero attached hydrogens (tertiary/aromatic N) is 1. The van der Waals surface area contributed by atoms with Gasteiger partial charge in [-0.3, -0.25) is 4.79 Å².